The van der Waals surface area contributed by atoms with Gasteiger partial charge >= 0.3 is 0 Å². The van der Waals surface area contributed by atoms with Crippen molar-refractivity contribution < 1.29 is 4.79 Å². The van der Waals surface area contributed by atoms with E-state index in [-0.39, 0.29) is 5.91 Å². The number of rotatable bonds is 4. The van der Waals surface area contributed by atoms with Gasteiger partial charge in [-0.05, 0) is 25.3 Å². The van der Waals surface area contributed by atoms with Crippen molar-refractivity contribution in [3.63, 3.8) is 0 Å². The van der Waals surface area contributed by atoms with E-state index in [1.54, 1.807) is 19.0 Å². The number of nitrogens with zero attached hydrogens (tertiary/aromatic N) is 2. The molecule has 2 unspecified atom stereocenters. The third-order valence-electron chi connectivity index (χ3n) is 3.63. The van der Waals surface area contributed by atoms with Gasteiger partial charge in [0, 0.05) is 26.7 Å². The van der Waals surface area contributed by atoms with Crippen LogP contribution in [0.15, 0.2) is 0 Å². The molecule has 0 spiro atoms. The first-order valence-electron chi connectivity index (χ1n) is 6.22. The monoisotopic (exact) mass is 227 g/mol. The molecule has 0 aromatic carbocycles. The molecule has 16 heavy (non-hydrogen) atoms. The molecule has 1 amide bonds. The van der Waals surface area contributed by atoms with Crippen LogP contribution in [0.3, 0.4) is 0 Å². The topological polar surface area (TPSA) is 49.6 Å². The van der Waals surface area contributed by atoms with Crippen LogP contribution < -0.4 is 5.73 Å². The van der Waals surface area contributed by atoms with Gasteiger partial charge in [-0.1, -0.05) is 13.3 Å². The van der Waals surface area contributed by atoms with Crippen molar-refractivity contribution in [3.05, 3.63) is 0 Å². The molecule has 2 atom stereocenters. The molecule has 1 saturated heterocycles. The lowest BCUT2D eigenvalue weighted by Gasteiger charge is -2.38. The first-order chi connectivity index (χ1) is 7.58. The summed E-state index contributed by atoms with van der Waals surface area (Å²) in [7, 11) is 3.61. The average Bonchev–Trinajstić information content (AvgIpc) is 2.29. The Balaban J connectivity index is 2.50. The molecule has 1 heterocycles. The third-order valence-corrected chi connectivity index (χ3v) is 3.63. The Bertz CT molecular complexity index is 230. The van der Waals surface area contributed by atoms with Gasteiger partial charge in [-0.15, -0.1) is 0 Å². The van der Waals surface area contributed by atoms with Crippen LogP contribution in [0.1, 0.15) is 26.2 Å². The fraction of sp³-hybridized carbons (Fsp3) is 0.917. The summed E-state index contributed by atoms with van der Waals surface area (Å²) < 4.78 is 0. The van der Waals surface area contributed by atoms with E-state index in [4.69, 9.17) is 5.73 Å². The molecular formula is C12H25N3O. The number of hydrogen-bond acceptors (Lipinski definition) is 3. The van der Waals surface area contributed by atoms with Gasteiger partial charge in [-0.2, -0.15) is 0 Å². The van der Waals surface area contributed by atoms with E-state index in [2.05, 4.69) is 11.8 Å². The van der Waals surface area contributed by atoms with Gasteiger partial charge in [-0.3, -0.25) is 9.69 Å². The average molecular weight is 227 g/mol. The molecule has 4 heteroatoms. The summed E-state index contributed by atoms with van der Waals surface area (Å²) in [5.41, 5.74) is 5.80. The van der Waals surface area contributed by atoms with Crippen LogP contribution >= 0.6 is 0 Å². The summed E-state index contributed by atoms with van der Waals surface area (Å²) in [6.45, 7) is 4.43. The summed E-state index contributed by atoms with van der Waals surface area (Å²) in [5, 5.41) is 0. The van der Waals surface area contributed by atoms with E-state index >= 15 is 0 Å². The number of carbonyl (C=O) groups is 1. The molecule has 0 radical (unpaired) electrons. The van der Waals surface area contributed by atoms with Gasteiger partial charge in [0.15, 0.2) is 0 Å². The van der Waals surface area contributed by atoms with E-state index < -0.39 is 0 Å². The highest BCUT2D eigenvalue weighted by atomic mass is 16.2. The Kier molecular flexibility index (Phi) is 5.22. The van der Waals surface area contributed by atoms with Gasteiger partial charge in [0.25, 0.3) is 0 Å². The fourth-order valence-electron chi connectivity index (χ4n) is 2.32. The predicted octanol–water partition coefficient (Wildman–Crippen LogP) is 0.524. The maximum absolute atomic E-state index is 11.7. The van der Waals surface area contributed by atoms with E-state index in [1.165, 1.54) is 12.8 Å². The lowest BCUT2D eigenvalue weighted by molar-refractivity contribution is -0.131. The quantitative estimate of drug-likeness (QED) is 0.762. The van der Waals surface area contributed by atoms with Gasteiger partial charge in [-0.25, -0.2) is 0 Å². The number of carbonyl (C=O) groups excluding carboxylic acids is 1. The molecule has 0 aromatic heterocycles. The predicted molar refractivity (Wildman–Crippen MR) is 66.1 cm³/mol. The van der Waals surface area contributed by atoms with Crippen LogP contribution in [0.5, 0.6) is 0 Å². The van der Waals surface area contributed by atoms with Crippen LogP contribution in [-0.2, 0) is 4.79 Å². The molecule has 0 bridgehead atoms. The summed E-state index contributed by atoms with van der Waals surface area (Å²) >= 11 is 0. The zero-order valence-corrected chi connectivity index (χ0v) is 10.8. The summed E-state index contributed by atoms with van der Waals surface area (Å²) in [5.74, 6) is 0.965. The Morgan fingerprint density at radius 1 is 1.50 bits per heavy atom. The van der Waals surface area contributed by atoms with Crippen molar-refractivity contribution in [2.45, 2.75) is 32.2 Å². The summed E-state index contributed by atoms with van der Waals surface area (Å²) in [6.07, 6.45) is 3.58. The normalized spacial score (nSPS) is 26.8. The molecule has 1 aliphatic rings. The first kappa shape index (κ1) is 13.5. The second-order valence-corrected chi connectivity index (χ2v) is 4.95. The zero-order valence-electron chi connectivity index (χ0n) is 10.8. The number of nitrogens with two attached hydrogens (primary N) is 1. The SMILES string of the molecule is CCC1CCN(CC(=O)N(C)C)C(CN)C1. The van der Waals surface area contributed by atoms with Crippen molar-refractivity contribution in [2.24, 2.45) is 11.7 Å². The van der Waals surface area contributed by atoms with E-state index in [0.717, 1.165) is 18.9 Å². The highest BCUT2D eigenvalue weighted by Crippen LogP contribution is 2.24. The van der Waals surface area contributed by atoms with Gasteiger partial charge < -0.3 is 10.6 Å². The van der Waals surface area contributed by atoms with Gasteiger partial charge in [0.2, 0.25) is 5.91 Å². The Morgan fingerprint density at radius 3 is 2.69 bits per heavy atom. The van der Waals surface area contributed by atoms with Gasteiger partial charge in [0.05, 0.1) is 6.54 Å². The fourth-order valence-corrected chi connectivity index (χ4v) is 2.32. The van der Waals surface area contributed by atoms with E-state index in [0.29, 0.717) is 19.1 Å². The molecule has 0 aromatic rings. The molecule has 2 N–H and O–H groups in total. The number of likely N-dealkylation sites (N-methyl/N-ethyl adjacent to an activating group) is 1. The minimum Gasteiger partial charge on any atom is -0.348 e. The standard InChI is InChI=1S/C12H25N3O/c1-4-10-5-6-15(11(7-10)8-13)9-12(16)14(2)3/h10-11H,4-9,13H2,1-3H3. The van der Waals surface area contributed by atoms with Crippen LogP contribution in [0.25, 0.3) is 0 Å². The van der Waals surface area contributed by atoms with Crippen LogP contribution in [0.2, 0.25) is 0 Å². The zero-order chi connectivity index (χ0) is 12.1. The summed E-state index contributed by atoms with van der Waals surface area (Å²) in [4.78, 5) is 15.6. The Hall–Kier alpha value is -0.610. The molecular weight excluding hydrogens is 202 g/mol. The molecule has 0 saturated carbocycles. The second kappa shape index (κ2) is 6.21. The number of piperidine rings is 1. The number of likely N-dealkylation sites (tertiary alicyclic amines) is 1. The Labute approximate surface area is 98.8 Å². The Morgan fingerprint density at radius 2 is 2.19 bits per heavy atom. The van der Waals surface area contributed by atoms with Crippen molar-refractivity contribution >= 4 is 5.91 Å². The lowest BCUT2D eigenvalue weighted by atomic mass is 9.89. The minimum atomic E-state index is 0.174. The van der Waals surface area contributed by atoms with E-state index in [9.17, 15) is 4.79 Å². The molecule has 1 fully saturated rings. The van der Waals surface area contributed by atoms with Gasteiger partial charge in [0.1, 0.15) is 0 Å². The maximum atomic E-state index is 11.7. The molecule has 4 nitrogen and oxygen atoms in total. The maximum Gasteiger partial charge on any atom is 0.236 e. The largest absolute Gasteiger partial charge is 0.348 e. The van der Waals surface area contributed by atoms with Crippen molar-refractivity contribution in [3.8, 4) is 0 Å². The van der Waals surface area contributed by atoms with Crippen LogP contribution in [-0.4, -0.2) is 55.5 Å². The molecule has 1 rings (SSSR count). The number of amides is 1. The second-order valence-electron chi connectivity index (χ2n) is 4.95. The van der Waals surface area contributed by atoms with Crippen molar-refractivity contribution in [1.29, 1.82) is 0 Å². The first-order valence-corrected chi connectivity index (χ1v) is 6.22. The third kappa shape index (κ3) is 3.46. The van der Waals surface area contributed by atoms with Crippen molar-refractivity contribution in [1.82, 2.24) is 9.80 Å². The lowest BCUT2D eigenvalue weighted by Crippen LogP contribution is -2.50. The summed E-state index contributed by atoms with van der Waals surface area (Å²) in [6, 6.07) is 0.391. The molecule has 0 aliphatic carbocycles. The highest BCUT2D eigenvalue weighted by molar-refractivity contribution is 5.77. The smallest absolute Gasteiger partial charge is 0.236 e. The van der Waals surface area contributed by atoms with E-state index in [1.807, 2.05) is 0 Å². The van der Waals surface area contributed by atoms with Crippen molar-refractivity contribution in [2.75, 3.05) is 33.7 Å². The molecule has 1 aliphatic heterocycles. The number of hydrogen-bond donors (Lipinski definition) is 1. The van der Waals surface area contributed by atoms with Crippen LogP contribution in [0, 0.1) is 5.92 Å². The minimum absolute atomic E-state index is 0.174. The molecule has 94 valence electrons. The highest BCUT2D eigenvalue weighted by Gasteiger charge is 2.28. The van der Waals surface area contributed by atoms with Crippen LogP contribution in [0.4, 0.5) is 0 Å².